The molecule has 0 aliphatic carbocycles. The van der Waals surface area contributed by atoms with Crippen LogP contribution in [-0.4, -0.2) is 6.29 Å². The standard InChI is InChI=1S/C14H16ClNO/c1-11(2)14(10-16,8-3-9-17)12-4-6-13(15)7-5-12/h4-7,9,11H,3,8H2,1-2H3. The highest BCUT2D eigenvalue weighted by atomic mass is 35.5. The second-order valence-corrected chi connectivity index (χ2v) is 4.89. The summed E-state index contributed by atoms with van der Waals surface area (Å²) in [6.45, 7) is 4.01. The molecule has 3 heteroatoms. The van der Waals surface area contributed by atoms with Crippen molar-refractivity contribution in [1.82, 2.24) is 0 Å². The van der Waals surface area contributed by atoms with Crippen LogP contribution in [0.1, 0.15) is 32.3 Å². The Morgan fingerprint density at radius 3 is 2.41 bits per heavy atom. The van der Waals surface area contributed by atoms with Gasteiger partial charge in [-0.05, 0) is 30.0 Å². The van der Waals surface area contributed by atoms with Crippen LogP contribution in [-0.2, 0) is 10.2 Å². The van der Waals surface area contributed by atoms with Gasteiger partial charge >= 0.3 is 0 Å². The Morgan fingerprint density at radius 1 is 1.41 bits per heavy atom. The van der Waals surface area contributed by atoms with Crippen molar-refractivity contribution < 1.29 is 4.79 Å². The van der Waals surface area contributed by atoms with E-state index in [1.165, 1.54) is 0 Å². The first-order chi connectivity index (χ1) is 8.06. The maximum atomic E-state index is 10.5. The molecule has 0 aliphatic heterocycles. The van der Waals surface area contributed by atoms with Crippen LogP contribution < -0.4 is 0 Å². The summed E-state index contributed by atoms with van der Waals surface area (Å²) in [4.78, 5) is 10.5. The number of nitrogens with zero attached hydrogens (tertiary/aromatic N) is 1. The van der Waals surface area contributed by atoms with Gasteiger partial charge in [-0.2, -0.15) is 5.26 Å². The molecule has 0 fully saturated rings. The van der Waals surface area contributed by atoms with Crippen LogP contribution in [0.5, 0.6) is 0 Å². The summed E-state index contributed by atoms with van der Waals surface area (Å²) in [7, 11) is 0. The first kappa shape index (κ1) is 13.7. The zero-order valence-corrected chi connectivity index (χ0v) is 10.9. The Hall–Kier alpha value is -1.33. The van der Waals surface area contributed by atoms with Gasteiger partial charge < -0.3 is 4.79 Å². The average Bonchev–Trinajstić information content (AvgIpc) is 2.32. The molecule has 1 atom stereocenters. The van der Waals surface area contributed by atoms with Crippen molar-refractivity contribution in [1.29, 1.82) is 5.26 Å². The van der Waals surface area contributed by atoms with Crippen molar-refractivity contribution in [3.63, 3.8) is 0 Å². The molecule has 0 aliphatic rings. The topological polar surface area (TPSA) is 40.9 Å². The Kier molecular flexibility index (Phi) is 4.72. The third kappa shape index (κ3) is 2.87. The minimum absolute atomic E-state index is 0.147. The molecule has 0 radical (unpaired) electrons. The largest absolute Gasteiger partial charge is 0.303 e. The number of hydrogen-bond donors (Lipinski definition) is 0. The molecule has 90 valence electrons. The van der Waals surface area contributed by atoms with Crippen LogP contribution in [0.15, 0.2) is 24.3 Å². The number of nitriles is 1. The zero-order valence-electron chi connectivity index (χ0n) is 10.1. The van der Waals surface area contributed by atoms with Crippen molar-refractivity contribution in [2.24, 2.45) is 5.92 Å². The van der Waals surface area contributed by atoms with E-state index in [0.717, 1.165) is 11.8 Å². The third-order valence-corrected chi connectivity index (χ3v) is 3.45. The van der Waals surface area contributed by atoms with Crippen molar-refractivity contribution in [2.75, 3.05) is 0 Å². The highest BCUT2D eigenvalue weighted by Gasteiger charge is 2.35. The lowest BCUT2D eigenvalue weighted by Crippen LogP contribution is -2.30. The number of carbonyl (C=O) groups is 1. The molecule has 1 rings (SSSR count). The highest BCUT2D eigenvalue weighted by molar-refractivity contribution is 6.30. The summed E-state index contributed by atoms with van der Waals surface area (Å²) in [5.41, 5.74) is 0.326. The molecule has 0 aromatic heterocycles. The maximum Gasteiger partial charge on any atom is 0.120 e. The molecule has 1 unspecified atom stereocenters. The smallest absolute Gasteiger partial charge is 0.120 e. The third-order valence-electron chi connectivity index (χ3n) is 3.20. The SMILES string of the molecule is CC(C)C(C#N)(CCC=O)c1ccc(Cl)cc1. The quantitative estimate of drug-likeness (QED) is 0.746. The first-order valence-corrected chi connectivity index (χ1v) is 6.05. The summed E-state index contributed by atoms with van der Waals surface area (Å²) in [5.74, 6) is 0.147. The first-order valence-electron chi connectivity index (χ1n) is 5.67. The molecule has 0 amide bonds. The van der Waals surface area contributed by atoms with Crippen molar-refractivity contribution in [3.05, 3.63) is 34.9 Å². The number of carbonyl (C=O) groups excluding carboxylic acids is 1. The van der Waals surface area contributed by atoms with E-state index in [1.807, 2.05) is 26.0 Å². The lowest BCUT2D eigenvalue weighted by atomic mass is 9.70. The molecule has 0 bridgehead atoms. The van der Waals surface area contributed by atoms with Gasteiger partial charge in [-0.1, -0.05) is 37.6 Å². The minimum atomic E-state index is -0.606. The lowest BCUT2D eigenvalue weighted by molar-refractivity contribution is -0.108. The molecule has 0 spiro atoms. The zero-order chi connectivity index (χ0) is 12.9. The highest BCUT2D eigenvalue weighted by Crippen LogP contribution is 2.36. The fourth-order valence-corrected chi connectivity index (χ4v) is 2.18. The lowest BCUT2D eigenvalue weighted by Gasteiger charge is -2.30. The van der Waals surface area contributed by atoms with E-state index in [1.54, 1.807) is 12.1 Å². The second-order valence-electron chi connectivity index (χ2n) is 4.45. The predicted octanol–water partition coefficient (Wildman–Crippen LogP) is 3.74. The Bertz CT molecular complexity index is 419. The molecular formula is C14H16ClNO. The minimum Gasteiger partial charge on any atom is -0.303 e. The van der Waals surface area contributed by atoms with E-state index in [4.69, 9.17) is 11.6 Å². The monoisotopic (exact) mass is 249 g/mol. The van der Waals surface area contributed by atoms with Crippen molar-refractivity contribution >= 4 is 17.9 Å². The molecule has 0 saturated carbocycles. The molecule has 1 aromatic rings. The Balaban J connectivity index is 3.17. The molecule has 2 nitrogen and oxygen atoms in total. The Labute approximate surface area is 107 Å². The van der Waals surface area contributed by atoms with E-state index >= 15 is 0 Å². The van der Waals surface area contributed by atoms with E-state index in [9.17, 15) is 10.1 Å². The van der Waals surface area contributed by atoms with Gasteiger partial charge in [0.05, 0.1) is 11.5 Å². The number of halogens is 1. The van der Waals surface area contributed by atoms with Gasteiger partial charge in [0.25, 0.3) is 0 Å². The Morgan fingerprint density at radius 2 is 2.00 bits per heavy atom. The maximum absolute atomic E-state index is 10.5. The van der Waals surface area contributed by atoms with Crippen LogP contribution in [0.4, 0.5) is 0 Å². The average molecular weight is 250 g/mol. The fourth-order valence-electron chi connectivity index (χ4n) is 2.05. The van der Waals surface area contributed by atoms with E-state index in [0.29, 0.717) is 17.9 Å². The molecule has 17 heavy (non-hydrogen) atoms. The summed E-state index contributed by atoms with van der Waals surface area (Å²) >= 11 is 5.85. The summed E-state index contributed by atoms with van der Waals surface area (Å²) in [6.07, 6.45) is 1.81. The second kappa shape index (κ2) is 5.84. The van der Waals surface area contributed by atoms with E-state index in [-0.39, 0.29) is 5.92 Å². The van der Waals surface area contributed by atoms with Gasteiger partial charge in [0, 0.05) is 11.4 Å². The molecule has 1 aromatic carbocycles. The van der Waals surface area contributed by atoms with Crippen LogP contribution >= 0.6 is 11.6 Å². The van der Waals surface area contributed by atoms with Crippen LogP contribution in [0, 0.1) is 17.2 Å². The number of rotatable bonds is 5. The van der Waals surface area contributed by atoms with Gasteiger partial charge in [0.2, 0.25) is 0 Å². The van der Waals surface area contributed by atoms with Gasteiger partial charge in [0.1, 0.15) is 6.29 Å². The van der Waals surface area contributed by atoms with Crippen LogP contribution in [0.3, 0.4) is 0 Å². The molecule has 0 saturated heterocycles. The molecule has 0 N–H and O–H groups in total. The number of benzene rings is 1. The summed E-state index contributed by atoms with van der Waals surface area (Å²) < 4.78 is 0. The molecular weight excluding hydrogens is 234 g/mol. The van der Waals surface area contributed by atoms with Gasteiger partial charge in [0.15, 0.2) is 0 Å². The van der Waals surface area contributed by atoms with Gasteiger partial charge in [-0.15, -0.1) is 0 Å². The fraction of sp³-hybridized carbons (Fsp3) is 0.429. The summed E-state index contributed by atoms with van der Waals surface area (Å²) in [6, 6.07) is 9.69. The van der Waals surface area contributed by atoms with Crippen LogP contribution in [0.25, 0.3) is 0 Å². The van der Waals surface area contributed by atoms with Crippen molar-refractivity contribution in [2.45, 2.75) is 32.1 Å². The van der Waals surface area contributed by atoms with E-state index in [2.05, 4.69) is 6.07 Å². The normalized spacial score (nSPS) is 14.1. The van der Waals surface area contributed by atoms with Crippen molar-refractivity contribution in [3.8, 4) is 6.07 Å². The van der Waals surface area contributed by atoms with Gasteiger partial charge in [-0.25, -0.2) is 0 Å². The predicted molar refractivity (Wildman–Crippen MR) is 68.9 cm³/mol. The number of aldehydes is 1. The number of hydrogen-bond acceptors (Lipinski definition) is 2. The van der Waals surface area contributed by atoms with Gasteiger partial charge in [-0.3, -0.25) is 0 Å². The summed E-state index contributed by atoms with van der Waals surface area (Å²) in [5, 5.41) is 10.1. The van der Waals surface area contributed by atoms with E-state index < -0.39 is 5.41 Å². The van der Waals surface area contributed by atoms with Crippen LogP contribution in [0.2, 0.25) is 5.02 Å². The molecule has 0 heterocycles.